The molecule has 8 nitrogen and oxygen atoms in total. The van der Waals surface area contributed by atoms with Gasteiger partial charge in [0, 0.05) is 31.2 Å². The number of carbonyl (C=O) groups is 1. The number of rotatable bonds is 8. The summed E-state index contributed by atoms with van der Waals surface area (Å²) in [5, 5.41) is 0.839. The van der Waals surface area contributed by atoms with Gasteiger partial charge in [-0.05, 0) is 55.7 Å². The third-order valence-electron chi connectivity index (χ3n) is 7.03. The second-order valence-corrected chi connectivity index (χ2v) is 9.73. The number of hydrogen-bond donors (Lipinski definition) is 0. The lowest BCUT2D eigenvalue weighted by atomic mass is 9.97. The minimum absolute atomic E-state index is 0.0865. The van der Waals surface area contributed by atoms with Crippen molar-refractivity contribution >= 4 is 28.5 Å². The molecule has 0 saturated carbocycles. The van der Waals surface area contributed by atoms with E-state index in [1.165, 1.54) is 0 Å². The number of amides is 1. The van der Waals surface area contributed by atoms with Gasteiger partial charge in [-0.3, -0.25) is 14.5 Å². The van der Waals surface area contributed by atoms with Crippen LogP contribution in [-0.4, -0.2) is 68.8 Å². The zero-order valence-corrected chi connectivity index (χ0v) is 22.1. The quantitative estimate of drug-likeness (QED) is 0.429. The Bertz CT molecular complexity index is 1380. The number of aryl methyl sites for hydroxylation is 1. The van der Waals surface area contributed by atoms with Gasteiger partial charge >= 0.3 is 0 Å². The fourth-order valence-corrected chi connectivity index (χ4v) is 5.30. The number of halogens is 1. The summed E-state index contributed by atoms with van der Waals surface area (Å²) in [5.41, 5.74) is 1.97. The van der Waals surface area contributed by atoms with Crippen molar-refractivity contribution in [1.29, 1.82) is 0 Å². The molecule has 37 heavy (non-hydrogen) atoms. The van der Waals surface area contributed by atoms with Crippen molar-refractivity contribution in [3.05, 3.63) is 68.0 Å². The number of ether oxygens (including phenoxy) is 3. The maximum atomic E-state index is 13.8. The number of methoxy groups -OCH3 is 1. The van der Waals surface area contributed by atoms with E-state index in [1.807, 2.05) is 32.0 Å². The van der Waals surface area contributed by atoms with Crippen LogP contribution in [-0.2, 0) is 4.74 Å². The lowest BCUT2D eigenvalue weighted by Crippen LogP contribution is -2.38. The highest BCUT2D eigenvalue weighted by molar-refractivity contribution is 6.32. The summed E-state index contributed by atoms with van der Waals surface area (Å²) in [6, 6.07) is 8.25. The monoisotopic (exact) mass is 526 g/mol. The van der Waals surface area contributed by atoms with Crippen LogP contribution in [0.15, 0.2) is 39.5 Å². The smallest absolute Gasteiger partial charge is 0.290 e. The Labute approximate surface area is 220 Å². The van der Waals surface area contributed by atoms with Crippen molar-refractivity contribution in [2.24, 2.45) is 0 Å². The first-order valence-electron chi connectivity index (χ1n) is 12.6. The zero-order chi connectivity index (χ0) is 26.1. The second kappa shape index (κ2) is 10.7. The van der Waals surface area contributed by atoms with Crippen LogP contribution in [0.1, 0.15) is 46.6 Å². The van der Waals surface area contributed by atoms with E-state index in [4.69, 9.17) is 30.2 Å². The van der Waals surface area contributed by atoms with Crippen molar-refractivity contribution in [3.8, 4) is 11.5 Å². The minimum Gasteiger partial charge on any atom is -0.493 e. The topological polar surface area (TPSA) is 81.5 Å². The summed E-state index contributed by atoms with van der Waals surface area (Å²) < 4.78 is 22.8. The van der Waals surface area contributed by atoms with Gasteiger partial charge in [0.05, 0.1) is 43.9 Å². The van der Waals surface area contributed by atoms with Gasteiger partial charge in [0.25, 0.3) is 5.91 Å². The molecule has 0 bridgehead atoms. The standard InChI is InChI=1S/C28H31ClN2O6/c1-4-36-21-7-6-18(15-23(21)34-3)25-24-26(32)19-16-20(29)17(2)14-22(19)37-27(24)28(33)31(25)9-5-8-30-10-12-35-13-11-30/h6-7,14-16,25H,4-5,8-13H2,1-3H3. The van der Waals surface area contributed by atoms with E-state index < -0.39 is 6.04 Å². The van der Waals surface area contributed by atoms with Gasteiger partial charge in [0.1, 0.15) is 5.58 Å². The second-order valence-electron chi connectivity index (χ2n) is 9.32. The predicted molar refractivity (Wildman–Crippen MR) is 141 cm³/mol. The maximum Gasteiger partial charge on any atom is 0.290 e. The molecule has 3 aromatic rings. The SMILES string of the molecule is CCOc1ccc(C2c3c(oc4cc(C)c(Cl)cc4c3=O)C(=O)N2CCCN2CCOCC2)cc1OC. The van der Waals surface area contributed by atoms with Crippen molar-refractivity contribution in [2.75, 3.05) is 53.1 Å². The van der Waals surface area contributed by atoms with Crippen molar-refractivity contribution < 1.29 is 23.4 Å². The van der Waals surface area contributed by atoms with Crippen LogP contribution < -0.4 is 14.9 Å². The molecule has 2 aliphatic rings. The first-order chi connectivity index (χ1) is 17.9. The summed E-state index contributed by atoms with van der Waals surface area (Å²) in [6.07, 6.45) is 0.753. The van der Waals surface area contributed by atoms with Crippen LogP contribution in [0, 0.1) is 6.92 Å². The Morgan fingerprint density at radius 3 is 2.59 bits per heavy atom. The van der Waals surface area contributed by atoms with Gasteiger partial charge < -0.3 is 23.5 Å². The summed E-state index contributed by atoms with van der Waals surface area (Å²) in [4.78, 5) is 31.6. The molecular formula is C28H31ClN2O6. The van der Waals surface area contributed by atoms with Crippen LogP contribution in [0.2, 0.25) is 5.02 Å². The summed E-state index contributed by atoms with van der Waals surface area (Å²) in [7, 11) is 1.57. The molecule has 2 aliphatic heterocycles. The lowest BCUT2D eigenvalue weighted by Gasteiger charge is -2.29. The molecule has 1 unspecified atom stereocenters. The van der Waals surface area contributed by atoms with Crippen molar-refractivity contribution in [2.45, 2.75) is 26.3 Å². The molecule has 0 N–H and O–H groups in total. The Balaban J connectivity index is 1.58. The number of nitrogens with zero attached hydrogens (tertiary/aromatic N) is 2. The molecule has 1 atom stereocenters. The Morgan fingerprint density at radius 1 is 1.08 bits per heavy atom. The fourth-order valence-electron chi connectivity index (χ4n) is 5.14. The predicted octanol–water partition coefficient (Wildman–Crippen LogP) is 4.43. The number of carbonyl (C=O) groups excluding carboxylic acids is 1. The molecule has 2 aromatic carbocycles. The van der Waals surface area contributed by atoms with Gasteiger partial charge in [0.2, 0.25) is 5.76 Å². The number of morpholine rings is 1. The van der Waals surface area contributed by atoms with Crippen LogP contribution in [0.5, 0.6) is 11.5 Å². The van der Waals surface area contributed by atoms with Crippen LogP contribution in [0.3, 0.4) is 0 Å². The maximum absolute atomic E-state index is 13.8. The molecule has 196 valence electrons. The summed E-state index contributed by atoms with van der Waals surface area (Å²) in [6.45, 7) is 8.72. The third-order valence-corrected chi connectivity index (χ3v) is 7.43. The average Bonchev–Trinajstić information content (AvgIpc) is 3.18. The van der Waals surface area contributed by atoms with Gasteiger partial charge in [-0.1, -0.05) is 17.7 Å². The van der Waals surface area contributed by atoms with E-state index in [1.54, 1.807) is 24.1 Å². The molecule has 1 aromatic heterocycles. The van der Waals surface area contributed by atoms with E-state index in [9.17, 15) is 9.59 Å². The van der Waals surface area contributed by atoms with E-state index in [-0.39, 0.29) is 17.1 Å². The van der Waals surface area contributed by atoms with Crippen molar-refractivity contribution in [3.63, 3.8) is 0 Å². The van der Waals surface area contributed by atoms with Crippen LogP contribution >= 0.6 is 11.6 Å². The van der Waals surface area contributed by atoms with Gasteiger partial charge in [0.15, 0.2) is 16.9 Å². The molecule has 1 amide bonds. The van der Waals surface area contributed by atoms with Crippen molar-refractivity contribution in [1.82, 2.24) is 9.80 Å². The van der Waals surface area contributed by atoms with Gasteiger partial charge in [-0.25, -0.2) is 0 Å². The molecule has 1 fully saturated rings. The molecule has 1 saturated heterocycles. The highest BCUT2D eigenvalue weighted by Gasteiger charge is 2.42. The van der Waals surface area contributed by atoms with Gasteiger partial charge in [-0.2, -0.15) is 0 Å². The molecule has 5 rings (SSSR count). The average molecular weight is 527 g/mol. The van der Waals surface area contributed by atoms with Gasteiger partial charge in [-0.15, -0.1) is 0 Å². The van der Waals surface area contributed by atoms with Crippen LogP contribution in [0.25, 0.3) is 11.0 Å². The Kier molecular flexibility index (Phi) is 7.42. The molecule has 0 aliphatic carbocycles. The number of benzene rings is 2. The highest BCUT2D eigenvalue weighted by Crippen LogP contribution is 2.41. The summed E-state index contributed by atoms with van der Waals surface area (Å²) in [5.74, 6) is 0.937. The highest BCUT2D eigenvalue weighted by atomic mass is 35.5. The van der Waals surface area contributed by atoms with E-state index in [0.717, 1.165) is 50.4 Å². The molecule has 9 heteroatoms. The molecular weight excluding hydrogens is 496 g/mol. The Hall–Kier alpha value is -3.07. The fraction of sp³-hybridized carbons (Fsp3) is 0.429. The Morgan fingerprint density at radius 2 is 1.86 bits per heavy atom. The number of hydrogen-bond acceptors (Lipinski definition) is 7. The van der Waals surface area contributed by atoms with E-state index in [2.05, 4.69) is 4.90 Å². The van der Waals surface area contributed by atoms with Crippen LogP contribution in [0.4, 0.5) is 0 Å². The normalized spacial score (nSPS) is 17.9. The first kappa shape index (κ1) is 25.6. The number of fused-ring (bicyclic) bond motifs is 2. The lowest BCUT2D eigenvalue weighted by molar-refractivity contribution is 0.0353. The molecule has 3 heterocycles. The largest absolute Gasteiger partial charge is 0.493 e. The minimum atomic E-state index is -0.613. The summed E-state index contributed by atoms with van der Waals surface area (Å²) >= 11 is 6.35. The third kappa shape index (κ3) is 4.81. The molecule has 0 spiro atoms. The molecule has 0 radical (unpaired) electrons. The van der Waals surface area contributed by atoms with E-state index >= 15 is 0 Å². The first-order valence-corrected chi connectivity index (χ1v) is 13.0. The van der Waals surface area contributed by atoms with E-state index in [0.29, 0.717) is 46.2 Å². The zero-order valence-electron chi connectivity index (χ0n) is 21.3.